The lowest BCUT2D eigenvalue weighted by atomic mass is 9.68. The first-order valence-corrected chi connectivity index (χ1v) is 32.6. The summed E-state index contributed by atoms with van der Waals surface area (Å²) in [7, 11) is 0. The van der Waals surface area contributed by atoms with Crippen molar-refractivity contribution in [3.8, 4) is 0 Å². The van der Waals surface area contributed by atoms with E-state index in [9.17, 15) is 30.0 Å². The van der Waals surface area contributed by atoms with E-state index in [-0.39, 0.29) is 40.3 Å². The standard InChI is InChI=1S/C71H134N2O13/c1-52(74)57-45-53(27-29-58(57)72)28-30-59(75)73-37-26-38-80-51-56(61(4,5)32-40-82-67(16,17)48-55(71(24,25)86-44-36-65(12,13)79)50-69(20,21)84-42-34-63(8,9)77)46-60(2,3)31-39-81-66(14,15)47-54(70(22,23)85-43-35-64(10,11)78)49-68(18,19)83-41-33-62(6,7)76/h27,29,45,54-56,76-79H,26,28,30-44,46-51,72H2,1-25H3,(H,73,75). The van der Waals surface area contributed by atoms with Crippen LogP contribution in [0.5, 0.6) is 0 Å². The number of anilines is 1. The number of rotatable bonds is 47. The zero-order valence-corrected chi connectivity index (χ0v) is 59.8. The van der Waals surface area contributed by atoms with E-state index in [0.29, 0.717) is 141 Å². The summed E-state index contributed by atoms with van der Waals surface area (Å²) < 4.78 is 46.5. The van der Waals surface area contributed by atoms with Crippen molar-refractivity contribution in [3.63, 3.8) is 0 Å². The maximum Gasteiger partial charge on any atom is 0.220 e. The monoisotopic (exact) mass is 1220 g/mol. The summed E-state index contributed by atoms with van der Waals surface area (Å²) in [6, 6.07) is 5.36. The van der Waals surface area contributed by atoms with Crippen LogP contribution in [0.1, 0.15) is 272 Å². The van der Waals surface area contributed by atoms with Gasteiger partial charge in [0, 0.05) is 50.6 Å². The fourth-order valence-electron chi connectivity index (χ4n) is 11.0. The number of carbonyl (C=O) groups excluding carboxylic acids is 2. The molecule has 3 atom stereocenters. The van der Waals surface area contributed by atoms with Gasteiger partial charge in [0.05, 0.1) is 82.4 Å². The molecule has 0 fully saturated rings. The van der Waals surface area contributed by atoms with Crippen LogP contribution in [-0.2, 0) is 44.4 Å². The minimum Gasteiger partial charge on any atom is -0.398 e. The van der Waals surface area contributed by atoms with Crippen LogP contribution in [0.4, 0.5) is 5.69 Å². The number of Topliss-reactive ketones (excluding diaryl/α,β-unsaturated/α-hetero) is 1. The summed E-state index contributed by atoms with van der Waals surface area (Å²) in [5.41, 5.74) is 0.971. The van der Waals surface area contributed by atoms with Gasteiger partial charge in [0.15, 0.2) is 5.78 Å². The van der Waals surface area contributed by atoms with E-state index in [1.807, 2.05) is 6.07 Å². The molecule has 15 heteroatoms. The van der Waals surface area contributed by atoms with Crippen molar-refractivity contribution in [2.45, 2.75) is 319 Å². The van der Waals surface area contributed by atoms with Gasteiger partial charge >= 0.3 is 0 Å². The number of hydrogen-bond acceptors (Lipinski definition) is 14. The molecule has 0 spiro atoms. The highest BCUT2D eigenvalue weighted by Crippen LogP contribution is 2.44. The summed E-state index contributed by atoms with van der Waals surface area (Å²) in [6.45, 7) is 55.1. The highest BCUT2D eigenvalue weighted by Gasteiger charge is 2.43. The predicted octanol–water partition coefficient (Wildman–Crippen LogP) is 14.0. The van der Waals surface area contributed by atoms with Crippen molar-refractivity contribution >= 4 is 17.4 Å². The van der Waals surface area contributed by atoms with Crippen LogP contribution in [0.2, 0.25) is 0 Å². The van der Waals surface area contributed by atoms with Crippen LogP contribution in [0.25, 0.3) is 0 Å². The SMILES string of the molecule is CC(=O)c1cc(CCC(=O)NCCCOCC(CC(C)(C)CCOC(C)(C)CC(CC(C)(C)OCCC(C)(C)O)C(C)(C)OCCC(C)(C)O)C(C)(C)CCOC(C)(C)CC(CC(C)(C)OCCC(C)(C)O)C(C)(C)OCCC(C)(C)O)ccc1N. The number of benzene rings is 1. The van der Waals surface area contributed by atoms with Crippen molar-refractivity contribution in [2.75, 3.05) is 65.1 Å². The molecule has 0 aliphatic heterocycles. The number of carbonyl (C=O) groups is 2. The summed E-state index contributed by atoms with van der Waals surface area (Å²) >= 11 is 0. The number of aryl methyl sites for hydroxylation is 1. The molecule has 0 saturated carbocycles. The van der Waals surface area contributed by atoms with Gasteiger partial charge in [-0.3, -0.25) is 9.59 Å². The molecule has 0 saturated heterocycles. The largest absolute Gasteiger partial charge is 0.398 e. The third-order valence-electron chi connectivity index (χ3n) is 17.4. The lowest BCUT2D eigenvalue weighted by molar-refractivity contribution is -0.136. The second-order valence-electron chi connectivity index (χ2n) is 33.1. The number of nitrogens with one attached hydrogen (secondary N) is 1. The van der Waals surface area contributed by atoms with Gasteiger partial charge in [-0.1, -0.05) is 33.8 Å². The quantitative estimate of drug-likeness (QED) is 0.0203. The van der Waals surface area contributed by atoms with Crippen LogP contribution >= 0.6 is 0 Å². The third kappa shape index (κ3) is 37.1. The molecule has 506 valence electrons. The Bertz CT molecular complexity index is 2120. The van der Waals surface area contributed by atoms with Crippen LogP contribution in [-0.4, -0.2) is 148 Å². The van der Waals surface area contributed by atoms with Gasteiger partial charge in [0.2, 0.25) is 5.91 Å². The number of ketones is 1. The number of nitrogen functional groups attached to an aromatic ring is 1. The van der Waals surface area contributed by atoms with E-state index >= 15 is 0 Å². The van der Waals surface area contributed by atoms with Crippen molar-refractivity contribution in [1.82, 2.24) is 5.32 Å². The number of nitrogens with two attached hydrogens (primary N) is 1. The van der Waals surface area contributed by atoms with Gasteiger partial charge in [-0.05, 0) is 275 Å². The molecule has 0 aromatic heterocycles. The van der Waals surface area contributed by atoms with E-state index in [0.717, 1.165) is 24.8 Å². The minimum absolute atomic E-state index is 0.0272. The molecule has 1 aromatic rings. The van der Waals surface area contributed by atoms with Gasteiger partial charge in [0.25, 0.3) is 0 Å². The zero-order valence-electron chi connectivity index (χ0n) is 59.8. The molecule has 0 radical (unpaired) electrons. The van der Waals surface area contributed by atoms with Crippen molar-refractivity contribution in [3.05, 3.63) is 29.3 Å². The first kappa shape index (κ1) is 81.7. The molecular formula is C71H134N2O13. The number of amides is 1. The summed E-state index contributed by atoms with van der Waals surface area (Å²) in [5, 5.41) is 45.0. The second-order valence-corrected chi connectivity index (χ2v) is 33.1. The average molecular weight is 1220 g/mol. The lowest BCUT2D eigenvalue weighted by Crippen LogP contribution is -2.45. The zero-order chi connectivity index (χ0) is 66.7. The van der Waals surface area contributed by atoms with Gasteiger partial charge in [-0.2, -0.15) is 0 Å². The predicted molar refractivity (Wildman–Crippen MR) is 352 cm³/mol. The molecule has 1 aromatic carbocycles. The fourth-order valence-corrected chi connectivity index (χ4v) is 11.0. The third-order valence-corrected chi connectivity index (χ3v) is 17.4. The Balaban J connectivity index is 3.39. The Labute approximate surface area is 525 Å². The Kier molecular flexibility index (Phi) is 32.2. The molecule has 1 amide bonds. The Morgan fingerprint density at radius 1 is 0.477 bits per heavy atom. The first-order chi connectivity index (χ1) is 38.7. The second kappa shape index (κ2) is 33.9. The van der Waals surface area contributed by atoms with Gasteiger partial charge in [0.1, 0.15) is 0 Å². The molecule has 0 heterocycles. The fraction of sp³-hybridized carbons (Fsp3) is 0.887. The minimum atomic E-state index is -0.850. The van der Waals surface area contributed by atoms with Crippen molar-refractivity contribution in [1.29, 1.82) is 0 Å². The molecule has 1 rings (SSSR count). The topological polar surface area (TPSA) is 218 Å². The maximum absolute atomic E-state index is 12.9. The van der Waals surface area contributed by atoms with E-state index in [4.69, 9.17) is 38.9 Å². The van der Waals surface area contributed by atoms with Crippen molar-refractivity contribution in [2.24, 2.45) is 28.6 Å². The highest BCUT2D eigenvalue weighted by atomic mass is 16.5. The number of aliphatic hydroxyl groups is 4. The first-order valence-electron chi connectivity index (χ1n) is 32.6. The number of ether oxygens (including phenoxy) is 7. The van der Waals surface area contributed by atoms with Gasteiger partial charge < -0.3 is 64.6 Å². The molecule has 0 aliphatic carbocycles. The summed E-state index contributed by atoms with van der Waals surface area (Å²) in [4.78, 5) is 25.0. The van der Waals surface area contributed by atoms with E-state index in [1.165, 1.54) is 6.92 Å². The summed E-state index contributed by atoms with van der Waals surface area (Å²) in [6.07, 6.45) is 8.84. The van der Waals surface area contributed by atoms with Gasteiger partial charge in [-0.15, -0.1) is 0 Å². The molecule has 86 heavy (non-hydrogen) atoms. The smallest absolute Gasteiger partial charge is 0.220 e. The molecular weight excluding hydrogens is 1090 g/mol. The average Bonchev–Trinajstić information content (AvgIpc) is 3.29. The van der Waals surface area contributed by atoms with Crippen LogP contribution in [0.15, 0.2) is 18.2 Å². The molecule has 15 nitrogen and oxygen atoms in total. The maximum atomic E-state index is 12.9. The van der Waals surface area contributed by atoms with Crippen LogP contribution in [0, 0.1) is 28.6 Å². The van der Waals surface area contributed by atoms with E-state index < -0.39 is 56.0 Å². The Morgan fingerprint density at radius 3 is 1.21 bits per heavy atom. The van der Waals surface area contributed by atoms with Crippen LogP contribution < -0.4 is 11.1 Å². The van der Waals surface area contributed by atoms with Crippen LogP contribution in [0.3, 0.4) is 0 Å². The Hall–Kier alpha value is -2.28. The van der Waals surface area contributed by atoms with E-state index in [2.05, 4.69) is 116 Å². The molecule has 3 unspecified atom stereocenters. The summed E-state index contributed by atoms with van der Waals surface area (Å²) in [5.74, 6) is 0.0554. The Morgan fingerprint density at radius 2 is 0.837 bits per heavy atom. The highest BCUT2D eigenvalue weighted by molar-refractivity contribution is 5.99. The number of hydrogen-bond donors (Lipinski definition) is 6. The van der Waals surface area contributed by atoms with Crippen molar-refractivity contribution < 1.29 is 63.2 Å². The van der Waals surface area contributed by atoms with E-state index in [1.54, 1.807) is 67.5 Å². The normalized spacial score (nSPS) is 15.3. The molecule has 0 aliphatic rings. The molecule has 7 N–H and O–H groups in total. The lowest BCUT2D eigenvalue weighted by Gasteiger charge is -2.44. The van der Waals surface area contributed by atoms with Gasteiger partial charge in [-0.25, -0.2) is 0 Å². The molecule has 0 bridgehead atoms.